The summed E-state index contributed by atoms with van der Waals surface area (Å²) in [5, 5.41) is 11.2. The molecule has 90 valence electrons. The van der Waals surface area contributed by atoms with Crippen LogP contribution in [0, 0.1) is 0 Å². The topological polar surface area (TPSA) is 68.8 Å². The molecule has 2 rings (SSSR count). The summed E-state index contributed by atoms with van der Waals surface area (Å²) < 4.78 is 1.89. The van der Waals surface area contributed by atoms with E-state index < -0.39 is 0 Å². The van der Waals surface area contributed by atoms with E-state index in [2.05, 4.69) is 22.4 Å². The number of hydrogen-bond donors (Lipinski definition) is 2. The van der Waals surface area contributed by atoms with Gasteiger partial charge in [-0.3, -0.25) is 0 Å². The summed E-state index contributed by atoms with van der Waals surface area (Å²) in [4.78, 5) is 0. The molecule has 0 amide bonds. The predicted molar refractivity (Wildman–Crippen MR) is 68.6 cm³/mol. The summed E-state index contributed by atoms with van der Waals surface area (Å²) >= 11 is 0. The monoisotopic (exact) mass is 231 g/mol. The third-order valence-corrected chi connectivity index (χ3v) is 2.62. The van der Waals surface area contributed by atoms with Crippen LogP contribution in [0.1, 0.15) is 6.92 Å². The largest absolute Gasteiger partial charge is 0.381 e. The smallest absolute Gasteiger partial charge is 0.163 e. The van der Waals surface area contributed by atoms with Gasteiger partial charge in [-0.1, -0.05) is 0 Å². The maximum Gasteiger partial charge on any atom is 0.163 e. The minimum Gasteiger partial charge on any atom is -0.381 e. The quantitative estimate of drug-likeness (QED) is 0.830. The molecule has 0 saturated heterocycles. The van der Waals surface area contributed by atoms with Crippen molar-refractivity contribution in [2.24, 2.45) is 12.8 Å². The van der Waals surface area contributed by atoms with Crippen LogP contribution in [0.2, 0.25) is 0 Å². The van der Waals surface area contributed by atoms with Gasteiger partial charge >= 0.3 is 0 Å². The maximum absolute atomic E-state index is 5.56. The van der Waals surface area contributed by atoms with E-state index in [4.69, 9.17) is 5.73 Å². The van der Waals surface area contributed by atoms with Crippen molar-refractivity contribution in [2.45, 2.75) is 13.0 Å². The third kappa shape index (κ3) is 2.62. The molecule has 1 unspecified atom stereocenters. The molecular formula is C12H17N5. The second-order valence-electron chi connectivity index (χ2n) is 4.12. The van der Waals surface area contributed by atoms with Gasteiger partial charge in [-0.05, 0) is 31.2 Å². The molecule has 2 aromatic rings. The minimum atomic E-state index is 0.274. The molecule has 0 aliphatic carbocycles. The third-order valence-electron chi connectivity index (χ3n) is 2.62. The Morgan fingerprint density at radius 1 is 1.35 bits per heavy atom. The van der Waals surface area contributed by atoms with Gasteiger partial charge in [0.2, 0.25) is 0 Å². The summed E-state index contributed by atoms with van der Waals surface area (Å²) in [5.41, 5.74) is 7.68. The van der Waals surface area contributed by atoms with Crippen LogP contribution in [0.5, 0.6) is 0 Å². The SMILES string of the molecule is CC(CN)Nc1ccc(-c2nncn2C)cc1. The summed E-state index contributed by atoms with van der Waals surface area (Å²) in [6, 6.07) is 8.37. The van der Waals surface area contributed by atoms with Crippen molar-refractivity contribution in [2.75, 3.05) is 11.9 Å². The van der Waals surface area contributed by atoms with Crippen molar-refractivity contribution in [3.63, 3.8) is 0 Å². The Morgan fingerprint density at radius 2 is 2.06 bits per heavy atom. The van der Waals surface area contributed by atoms with Crippen molar-refractivity contribution >= 4 is 5.69 Å². The first-order chi connectivity index (χ1) is 8.20. The van der Waals surface area contributed by atoms with E-state index in [0.29, 0.717) is 6.54 Å². The number of aryl methyl sites for hydroxylation is 1. The zero-order valence-electron chi connectivity index (χ0n) is 10.1. The fraction of sp³-hybridized carbons (Fsp3) is 0.333. The number of rotatable bonds is 4. The minimum absolute atomic E-state index is 0.274. The second kappa shape index (κ2) is 4.97. The Kier molecular flexibility index (Phi) is 3.39. The molecule has 0 saturated carbocycles. The van der Waals surface area contributed by atoms with Crippen molar-refractivity contribution in [3.05, 3.63) is 30.6 Å². The van der Waals surface area contributed by atoms with Crippen LogP contribution in [-0.2, 0) is 7.05 Å². The Hall–Kier alpha value is -1.88. The lowest BCUT2D eigenvalue weighted by molar-refractivity contribution is 0.804. The molecule has 1 atom stereocenters. The van der Waals surface area contributed by atoms with Gasteiger partial charge in [-0.25, -0.2) is 0 Å². The Morgan fingerprint density at radius 3 is 2.59 bits per heavy atom. The molecule has 0 aliphatic rings. The normalized spacial score (nSPS) is 12.4. The molecule has 1 heterocycles. The van der Waals surface area contributed by atoms with Crippen LogP contribution in [0.15, 0.2) is 30.6 Å². The first-order valence-electron chi connectivity index (χ1n) is 5.61. The average Bonchev–Trinajstić information content (AvgIpc) is 2.76. The molecule has 0 spiro atoms. The molecule has 0 aliphatic heterocycles. The molecule has 17 heavy (non-hydrogen) atoms. The highest BCUT2D eigenvalue weighted by Gasteiger charge is 2.04. The number of benzene rings is 1. The van der Waals surface area contributed by atoms with Gasteiger partial charge in [0.25, 0.3) is 0 Å². The molecule has 3 N–H and O–H groups in total. The van der Waals surface area contributed by atoms with Gasteiger partial charge in [0.1, 0.15) is 6.33 Å². The Bertz CT molecular complexity index is 474. The molecule has 5 nitrogen and oxygen atoms in total. The fourth-order valence-corrected chi connectivity index (χ4v) is 1.60. The van der Waals surface area contributed by atoms with Gasteiger partial charge in [0, 0.05) is 30.9 Å². The lowest BCUT2D eigenvalue weighted by Gasteiger charge is -2.12. The first kappa shape index (κ1) is 11.6. The Balaban J connectivity index is 2.16. The van der Waals surface area contributed by atoms with E-state index >= 15 is 0 Å². The first-order valence-corrected chi connectivity index (χ1v) is 5.61. The second-order valence-corrected chi connectivity index (χ2v) is 4.12. The van der Waals surface area contributed by atoms with E-state index in [9.17, 15) is 0 Å². The van der Waals surface area contributed by atoms with Crippen LogP contribution >= 0.6 is 0 Å². The highest BCUT2D eigenvalue weighted by Crippen LogP contribution is 2.18. The maximum atomic E-state index is 5.56. The Labute approximate surface area is 101 Å². The van der Waals surface area contributed by atoms with E-state index in [0.717, 1.165) is 17.1 Å². The fourth-order valence-electron chi connectivity index (χ4n) is 1.60. The summed E-state index contributed by atoms with van der Waals surface area (Å²) in [6.45, 7) is 2.67. The van der Waals surface area contributed by atoms with Gasteiger partial charge in [0.05, 0.1) is 0 Å². The van der Waals surface area contributed by atoms with E-state index in [-0.39, 0.29) is 6.04 Å². The van der Waals surface area contributed by atoms with E-state index in [1.54, 1.807) is 6.33 Å². The lowest BCUT2D eigenvalue weighted by Crippen LogP contribution is -2.24. The molecular weight excluding hydrogens is 214 g/mol. The van der Waals surface area contributed by atoms with Gasteiger partial charge in [0.15, 0.2) is 5.82 Å². The van der Waals surface area contributed by atoms with Crippen LogP contribution in [0.25, 0.3) is 11.4 Å². The summed E-state index contributed by atoms with van der Waals surface area (Å²) in [7, 11) is 1.93. The molecule has 5 heteroatoms. The van der Waals surface area contributed by atoms with E-state index in [1.165, 1.54) is 0 Å². The van der Waals surface area contributed by atoms with Crippen LogP contribution in [0.4, 0.5) is 5.69 Å². The van der Waals surface area contributed by atoms with Crippen molar-refractivity contribution in [1.82, 2.24) is 14.8 Å². The number of hydrogen-bond acceptors (Lipinski definition) is 4. The summed E-state index contributed by atoms with van der Waals surface area (Å²) in [6.07, 6.45) is 1.69. The van der Waals surface area contributed by atoms with Crippen LogP contribution < -0.4 is 11.1 Å². The lowest BCUT2D eigenvalue weighted by atomic mass is 10.2. The zero-order valence-corrected chi connectivity index (χ0v) is 10.1. The molecule has 0 bridgehead atoms. The molecule has 0 fully saturated rings. The van der Waals surface area contributed by atoms with Crippen LogP contribution in [-0.4, -0.2) is 27.4 Å². The molecule has 0 radical (unpaired) electrons. The number of aromatic nitrogens is 3. The number of nitrogens with zero attached hydrogens (tertiary/aromatic N) is 3. The number of nitrogens with two attached hydrogens (primary N) is 1. The van der Waals surface area contributed by atoms with Crippen molar-refractivity contribution in [1.29, 1.82) is 0 Å². The number of nitrogens with one attached hydrogen (secondary N) is 1. The van der Waals surface area contributed by atoms with Crippen molar-refractivity contribution in [3.8, 4) is 11.4 Å². The standard InChI is InChI=1S/C12H17N5/c1-9(7-13)15-11-5-3-10(4-6-11)12-16-14-8-17(12)2/h3-6,8-9,15H,7,13H2,1-2H3. The van der Waals surface area contributed by atoms with Gasteiger partial charge < -0.3 is 15.6 Å². The van der Waals surface area contributed by atoms with E-state index in [1.807, 2.05) is 35.9 Å². The van der Waals surface area contributed by atoms with Gasteiger partial charge in [-0.2, -0.15) is 0 Å². The molecule has 1 aromatic heterocycles. The summed E-state index contributed by atoms with van der Waals surface area (Å²) in [5.74, 6) is 0.864. The van der Waals surface area contributed by atoms with Gasteiger partial charge in [-0.15, -0.1) is 10.2 Å². The zero-order chi connectivity index (χ0) is 12.3. The highest BCUT2D eigenvalue weighted by molar-refractivity contribution is 5.59. The average molecular weight is 231 g/mol. The highest BCUT2D eigenvalue weighted by atomic mass is 15.2. The molecule has 1 aromatic carbocycles. The van der Waals surface area contributed by atoms with Crippen LogP contribution in [0.3, 0.4) is 0 Å². The van der Waals surface area contributed by atoms with Crippen molar-refractivity contribution < 1.29 is 0 Å². The predicted octanol–water partition coefficient (Wildman–Crippen LogP) is 1.24. The number of anilines is 1.